The molecule has 0 saturated carbocycles. The molecule has 0 N–H and O–H groups in total. The molecule has 1 aliphatic carbocycles. The van der Waals surface area contributed by atoms with Crippen LogP contribution < -0.4 is 15.9 Å². The monoisotopic (exact) mass is 420 g/mol. The third-order valence-electron chi connectivity index (χ3n) is 4.89. The topological polar surface area (TPSA) is 34.1 Å². The minimum Gasteiger partial charge on any atom is -0.289 e. The minimum atomic E-state index is -0.446. The van der Waals surface area contributed by atoms with Gasteiger partial charge in [-0.15, -0.1) is 0 Å². The molecule has 150 valence electrons. The van der Waals surface area contributed by atoms with E-state index in [1.165, 1.54) is 28.1 Å². The fourth-order valence-corrected chi connectivity index (χ4v) is 5.73. The van der Waals surface area contributed by atoms with Crippen LogP contribution in [-0.2, 0) is 0 Å². The van der Waals surface area contributed by atoms with Gasteiger partial charge in [0.05, 0.1) is 0 Å². The van der Waals surface area contributed by atoms with Gasteiger partial charge in [0.1, 0.15) is 0 Å². The van der Waals surface area contributed by atoms with Gasteiger partial charge in [-0.3, -0.25) is 9.59 Å². The first-order valence-electron chi connectivity index (χ1n) is 10.0. The molecule has 2 nitrogen and oxygen atoms in total. The summed E-state index contributed by atoms with van der Waals surface area (Å²) in [7, 11) is -0.446. The molecule has 0 aliphatic heterocycles. The van der Waals surface area contributed by atoms with Gasteiger partial charge in [-0.05, 0) is 36.0 Å². The lowest BCUT2D eigenvalue weighted by Crippen LogP contribution is -2.20. The van der Waals surface area contributed by atoms with Gasteiger partial charge in [0.25, 0.3) is 0 Å². The smallest absolute Gasteiger partial charge is 0.186 e. The molecule has 3 heteroatoms. The highest BCUT2D eigenvalue weighted by Crippen LogP contribution is 2.32. The van der Waals surface area contributed by atoms with Crippen LogP contribution in [0.3, 0.4) is 0 Å². The van der Waals surface area contributed by atoms with Crippen molar-refractivity contribution in [3.05, 3.63) is 139 Å². The van der Waals surface area contributed by atoms with E-state index >= 15 is 0 Å². The van der Waals surface area contributed by atoms with E-state index in [1.807, 2.05) is 0 Å². The Bertz CT molecular complexity index is 1070. The Balaban J connectivity index is 0.000000166. The molecular weight excluding hydrogens is 399 g/mol. The number of hydrogen-bond acceptors (Lipinski definition) is 2. The Morgan fingerprint density at radius 3 is 1.00 bits per heavy atom. The largest absolute Gasteiger partial charge is 0.289 e. The molecule has 4 aromatic carbocycles. The normalized spacial score (nSPS) is 12.2. The zero-order valence-corrected chi connectivity index (χ0v) is 17.8. The molecule has 0 bridgehead atoms. The quantitative estimate of drug-likeness (QED) is 0.434. The first kappa shape index (κ1) is 20.7. The van der Waals surface area contributed by atoms with E-state index in [-0.39, 0.29) is 11.6 Å². The summed E-state index contributed by atoms with van der Waals surface area (Å²) in [5.74, 6) is -0.185. The van der Waals surface area contributed by atoms with E-state index < -0.39 is 7.92 Å². The van der Waals surface area contributed by atoms with Gasteiger partial charge in [0, 0.05) is 11.1 Å². The Morgan fingerprint density at radius 2 is 0.677 bits per heavy atom. The number of hydrogen-bond donors (Lipinski definition) is 0. The van der Waals surface area contributed by atoms with Crippen molar-refractivity contribution >= 4 is 35.4 Å². The van der Waals surface area contributed by atoms with Gasteiger partial charge in [-0.1, -0.05) is 115 Å². The molecule has 0 aromatic heterocycles. The summed E-state index contributed by atoms with van der Waals surface area (Å²) in [4.78, 5) is 22.4. The first-order valence-corrected chi connectivity index (χ1v) is 11.4. The predicted molar refractivity (Wildman–Crippen MR) is 129 cm³/mol. The molecule has 0 radical (unpaired) electrons. The molecule has 0 fully saturated rings. The van der Waals surface area contributed by atoms with Crippen molar-refractivity contribution in [3.8, 4) is 0 Å². The van der Waals surface area contributed by atoms with Crippen LogP contribution in [0.2, 0.25) is 0 Å². The van der Waals surface area contributed by atoms with Crippen molar-refractivity contribution in [1.82, 2.24) is 0 Å². The maximum Gasteiger partial charge on any atom is 0.186 e. The van der Waals surface area contributed by atoms with Gasteiger partial charge < -0.3 is 0 Å². The second-order valence-corrected chi connectivity index (χ2v) is 9.17. The van der Waals surface area contributed by atoms with Crippen molar-refractivity contribution in [1.29, 1.82) is 0 Å². The average molecular weight is 420 g/mol. The number of rotatable bonds is 3. The zero-order chi connectivity index (χ0) is 21.5. The van der Waals surface area contributed by atoms with Gasteiger partial charge >= 0.3 is 0 Å². The summed E-state index contributed by atoms with van der Waals surface area (Å²) in [6.45, 7) is 0. The molecule has 0 amide bonds. The van der Waals surface area contributed by atoms with Crippen LogP contribution in [0.15, 0.2) is 127 Å². The SMILES string of the molecule is O=C1C=CC(=O)c2ccccc21.c1ccc(P(c2ccccc2)c2ccccc2)cc1. The van der Waals surface area contributed by atoms with Crippen molar-refractivity contribution in [2.75, 3.05) is 0 Å². The summed E-state index contributed by atoms with van der Waals surface area (Å²) in [5.41, 5.74) is 1.01. The lowest BCUT2D eigenvalue weighted by Gasteiger charge is -2.18. The minimum absolute atomic E-state index is 0.0924. The Hall–Kier alpha value is -3.61. The van der Waals surface area contributed by atoms with Crippen LogP contribution in [0.4, 0.5) is 0 Å². The number of fused-ring (bicyclic) bond motifs is 1. The van der Waals surface area contributed by atoms with Crippen LogP contribution in [-0.4, -0.2) is 11.6 Å². The summed E-state index contributed by atoms with van der Waals surface area (Å²) >= 11 is 0. The van der Waals surface area contributed by atoms with Crippen LogP contribution in [0.5, 0.6) is 0 Å². The van der Waals surface area contributed by atoms with Gasteiger partial charge in [-0.2, -0.15) is 0 Å². The van der Waals surface area contributed by atoms with Crippen LogP contribution in [0.1, 0.15) is 20.7 Å². The molecule has 5 rings (SSSR count). The maximum absolute atomic E-state index is 11.2. The number of ketones is 2. The predicted octanol–water partition coefficient (Wildman–Crippen LogP) is 5.07. The molecule has 1 aliphatic rings. The van der Waals surface area contributed by atoms with Crippen molar-refractivity contribution in [2.45, 2.75) is 0 Å². The standard InChI is InChI=1S/C18H15P.C10H6O2/c1-4-10-16(11-5-1)19(17-12-6-2-7-13-17)18-14-8-3-9-15-18;11-9-5-6-10(12)8-4-2-1-3-7(8)9/h1-15H;1-6H. The molecule has 0 spiro atoms. The fourth-order valence-electron chi connectivity index (χ4n) is 3.42. The van der Waals surface area contributed by atoms with Crippen LogP contribution in [0, 0.1) is 0 Å². The molecule has 4 aromatic rings. The van der Waals surface area contributed by atoms with E-state index in [2.05, 4.69) is 91.0 Å². The molecule has 0 saturated heterocycles. The number of carbonyl (C=O) groups excluding carboxylic acids is 2. The second-order valence-electron chi connectivity index (χ2n) is 6.95. The summed E-state index contributed by atoms with van der Waals surface area (Å²) in [5, 5.41) is 4.19. The maximum atomic E-state index is 11.2. The van der Waals surface area contributed by atoms with E-state index in [0.29, 0.717) is 11.1 Å². The highest BCUT2D eigenvalue weighted by molar-refractivity contribution is 7.79. The highest BCUT2D eigenvalue weighted by Gasteiger charge is 2.17. The second kappa shape index (κ2) is 9.93. The van der Waals surface area contributed by atoms with E-state index in [1.54, 1.807) is 24.3 Å². The molecule has 31 heavy (non-hydrogen) atoms. The fraction of sp³-hybridized carbons (Fsp3) is 0. The molecule has 0 heterocycles. The van der Waals surface area contributed by atoms with E-state index in [4.69, 9.17) is 0 Å². The molecule has 0 atom stereocenters. The number of benzene rings is 4. The van der Waals surface area contributed by atoms with Gasteiger partial charge in [0.2, 0.25) is 0 Å². The Morgan fingerprint density at radius 1 is 0.387 bits per heavy atom. The van der Waals surface area contributed by atoms with Gasteiger partial charge in [-0.25, -0.2) is 0 Å². The lowest BCUT2D eigenvalue weighted by molar-refractivity contribution is 0.0994. The molecular formula is C28H21O2P. The molecule has 0 unspecified atom stereocenters. The first-order chi connectivity index (χ1) is 15.2. The third-order valence-corrected chi connectivity index (χ3v) is 7.33. The van der Waals surface area contributed by atoms with E-state index in [0.717, 1.165) is 0 Å². The Labute approximate surface area is 183 Å². The van der Waals surface area contributed by atoms with Crippen LogP contribution >= 0.6 is 7.92 Å². The highest BCUT2D eigenvalue weighted by atomic mass is 31.1. The van der Waals surface area contributed by atoms with Crippen molar-refractivity contribution < 1.29 is 9.59 Å². The lowest BCUT2D eigenvalue weighted by atomic mass is 9.95. The number of carbonyl (C=O) groups is 2. The van der Waals surface area contributed by atoms with Crippen LogP contribution in [0.25, 0.3) is 0 Å². The number of allylic oxidation sites excluding steroid dienone is 2. The van der Waals surface area contributed by atoms with Crippen molar-refractivity contribution in [2.24, 2.45) is 0 Å². The summed E-state index contributed by atoms with van der Waals surface area (Å²) in [6, 6.07) is 39.2. The third kappa shape index (κ3) is 4.94. The van der Waals surface area contributed by atoms with Gasteiger partial charge in [0.15, 0.2) is 11.6 Å². The summed E-state index contributed by atoms with van der Waals surface area (Å²) in [6.07, 6.45) is 2.62. The Kier molecular flexibility index (Phi) is 6.62. The average Bonchev–Trinajstić information content (AvgIpc) is 2.84. The van der Waals surface area contributed by atoms with Crippen molar-refractivity contribution in [3.63, 3.8) is 0 Å². The zero-order valence-electron chi connectivity index (χ0n) is 16.9. The summed E-state index contributed by atoms with van der Waals surface area (Å²) < 4.78 is 0. The van der Waals surface area contributed by atoms with E-state index in [9.17, 15) is 9.59 Å².